The van der Waals surface area contributed by atoms with Crippen LogP contribution in [-0.4, -0.2) is 15.9 Å². The third-order valence-corrected chi connectivity index (χ3v) is 3.40. The number of aromatic nitrogens is 2. The zero-order valence-electron chi connectivity index (χ0n) is 8.73. The van der Waals surface area contributed by atoms with E-state index in [2.05, 4.69) is 15.3 Å². The van der Waals surface area contributed by atoms with Gasteiger partial charge in [-0.05, 0) is 0 Å². The number of nitrogens with two attached hydrogens (primary N) is 1. The van der Waals surface area contributed by atoms with Crippen molar-refractivity contribution in [2.45, 2.75) is 13.0 Å². The van der Waals surface area contributed by atoms with Crippen molar-refractivity contribution >= 4 is 33.7 Å². The van der Waals surface area contributed by atoms with E-state index in [9.17, 15) is 9.59 Å². The van der Waals surface area contributed by atoms with E-state index in [1.54, 1.807) is 10.8 Å². The molecule has 2 rings (SSSR count). The maximum absolute atomic E-state index is 11.5. The van der Waals surface area contributed by atoms with Crippen molar-refractivity contribution in [1.29, 1.82) is 0 Å². The minimum Gasteiger partial charge on any atom is -0.375 e. The van der Waals surface area contributed by atoms with Crippen LogP contribution in [0, 0.1) is 0 Å². The minimum absolute atomic E-state index is 0.124. The fourth-order valence-corrected chi connectivity index (χ4v) is 2.37. The quantitative estimate of drug-likeness (QED) is 0.745. The lowest BCUT2D eigenvalue weighted by molar-refractivity contribution is -0.120. The van der Waals surface area contributed by atoms with E-state index in [0.29, 0.717) is 23.1 Å². The molecule has 0 bridgehead atoms. The number of amides is 1. The first-order valence-corrected chi connectivity index (χ1v) is 6.52. The van der Waals surface area contributed by atoms with E-state index < -0.39 is 0 Å². The van der Waals surface area contributed by atoms with Crippen LogP contribution in [-0.2, 0) is 17.8 Å². The molecule has 2 aromatic heterocycles. The molecule has 1 amide bonds. The van der Waals surface area contributed by atoms with Crippen LogP contribution in [0.1, 0.15) is 11.4 Å². The van der Waals surface area contributed by atoms with Gasteiger partial charge in [0, 0.05) is 16.5 Å². The van der Waals surface area contributed by atoms with Crippen molar-refractivity contribution in [1.82, 2.24) is 15.3 Å². The number of carbonyl (C=O) groups excluding carboxylic acids is 1. The highest BCUT2D eigenvalue weighted by molar-refractivity contribution is 7.13. The number of hydrogen-bond acceptors (Lipinski definition) is 6. The summed E-state index contributed by atoms with van der Waals surface area (Å²) in [4.78, 5) is 28.9. The van der Waals surface area contributed by atoms with E-state index >= 15 is 0 Å². The van der Waals surface area contributed by atoms with Gasteiger partial charge in [-0.3, -0.25) is 9.59 Å². The molecule has 90 valence electrons. The molecule has 2 heterocycles. The standard InChI is InChI=1S/C9H10N4O2S2/c10-8-12-5(3-16-8)1-7(14)11-2-6-4-17-9(15)13-6/h3-4H,1-2H2,(H2,10,12)(H,11,14)(H,13,15). The van der Waals surface area contributed by atoms with Crippen LogP contribution in [0.3, 0.4) is 0 Å². The Morgan fingerprint density at radius 1 is 1.47 bits per heavy atom. The van der Waals surface area contributed by atoms with Gasteiger partial charge in [-0.2, -0.15) is 0 Å². The first kappa shape index (κ1) is 11.8. The van der Waals surface area contributed by atoms with Crippen LogP contribution < -0.4 is 15.9 Å². The molecule has 2 aromatic rings. The summed E-state index contributed by atoms with van der Waals surface area (Å²) < 4.78 is 0. The maximum atomic E-state index is 11.5. The summed E-state index contributed by atoms with van der Waals surface area (Å²) in [5.41, 5.74) is 6.82. The molecule has 4 N–H and O–H groups in total. The number of nitrogens with one attached hydrogen (secondary N) is 2. The SMILES string of the molecule is Nc1nc(CC(=O)NCc2csc(=O)[nH]2)cs1. The second-order valence-corrected chi connectivity index (χ2v) is 5.04. The zero-order valence-corrected chi connectivity index (χ0v) is 10.4. The van der Waals surface area contributed by atoms with Crippen LogP contribution in [0.15, 0.2) is 15.6 Å². The molecule has 0 atom stereocenters. The topological polar surface area (TPSA) is 101 Å². The van der Waals surface area contributed by atoms with Gasteiger partial charge in [0.15, 0.2) is 5.13 Å². The summed E-state index contributed by atoms with van der Waals surface area (Å²) in [5, 5.41) is 6.58. The van der Waals surface area contributed by atoms with Gasteiger partial charge >= 0.3 is 4.87 Å². The van der Waals surface area contributed by atoms with E-state index in [1.807, 2.05) is 0 Å². The molecule has 0 saturated carbocycles. The predicted octanol–water partition coefficient (Wildman–Crippen LogP) is 0.334. The molecule has 6 nitrogen and oxygen atoms in total. The summed E-state index contributed by atoms with van der Waals surface area (Å²) >= 11 is 2.38. The largest absolute Gasteiger partial charge is 0.375 e. The molecule has 0 aliphatic heterocycles. The van der Waals surface area contributed by atoms with Crippen LogP contribution in [0.5, 0.6) is 0 Å². The normalized spacial score (nSPS) is 10.4. The first-order valence-electron chi connectivity index (χ1n) is 4.77. The number of H-pyrrole nitrogens is 1. The molecule has 8 heteroatoms. The monoisotopic (exact) mass is 270 g/mol. The Bertz CT molecular complexity index is 571. The molecule has 0 spiro atoms. The molecule has 0 aliphatic rings. The second-order valence-electron chi connectivity index (χ2n) is 3.30. The van der Waals surface area contributed by atoms with Crippen LogP contribution in [0.25, 0.3) is 0 Å². The molecule has 0 aliphatic carbocycles. The molecular formula is C9H10N4O2S2. The number of rotatable bonds is 4. The van der Waals surface area contributed by atoms with Crippen molar-refractivity contribution in [3.8, 4) is 0 Å². The average Bonchev–Trinajstić information content (AvgIpc) is 2.85. The van der Waals surface area contributed by atoms with E-state index in [1.165, 1.54) is 11.3 Å². The lowest BCUT2D eigenvalue weighted by Gasteiger charge is -2.01. The third-order valence-electron chi connectivity index (χ3n) is 1.96. The molecule has 0 unspecified atom stereocenters. The van der Waals surface area contributed by atoms with Crippen molar-refractivity contribution in [2.75, 3.05) is 5.73 Å². The lowest BCUT2D eigenvalue weighted by Crippen LogP contribution is -2.25. The smallest absolute Gasteiger partial charge is 0.304 e. The maximum Gasteiger partial charge on any atom is 0.304 e. The van der Waals surface area contributed by atoms with Crippen LogP contribution >= 0.6 is 22.7 Å². The molecule has 0 radical (unpaired) electrons. The van der Waals surface area contributed by atoms with Gasteiger partial charge in [0.05, 0.1) is 18.7 Å². The van der Waals surface area contributed by atoms with Crippen LogP contribution in [0.4, 0.5) is 5.13 Å². The molecule has 0 saturated heterocycles. The van der Waals surface area contributed by atoms with Crippen molar-refractivity contribution in [2.24, 2.45) is 0 Å². The van der Waals surface area contributed by atoms with Crippen molar-refractivity contribution in [3.63, 3.8) is 0 Å². The number of aromatic amines is 1. The first-order chi connectivity index (χ1) is 8.13. The Balaban J connectivity index is 1.83. The zero-order chi connectivity index (χ0) is 12.3. The Morgan fingerprint density at radius 2 is 2.29 bits per heavy atom. The summed E-state index contributed by atoms with van der Waals surface area (Å²) in [6.45, 7) is 0.317. The van der Waals surface area contributed by atoms with E-state index in [4.69, 9.17) is 5.73 Å². The fraction of sp³-hybridized carbons (Fsp3) is 0.222. The number of thiazole rings is 2. The molecule has 0 fully saturated rings. The second kappa shape index (κ2) is 5.11. The highest BCUT2D eigenvalue weighted by Gasteiger charge is 2.06. The van der Waals surface area contributed by atoms with Gasteiger partial charge in [0.2, 0.25) is 5.91 Å². The minimum atomic E-state index is -0.151. The summed E-state index contributed by atoms with van der Waals surface area (Å²) in [6.07, 6.45) is 0.196. The molecule has 0 aromatic carbocycles. The Morgan fingerprint density at radius 3 is 2.88 bits per heavy atom. The number of anilines is 1. The predicted molar refractivity (Wildman–Crippen MR) is 67.0 cm³/mol. The van der Waals surface area contributed by atoms with E-state index in [-0.39, 0.29) is 17.2 Å². The van der Waals surface area contributed by atoms with Gasteiger partial charge < -0.3 is 16.0 Å². The number of carbonyl (C=O) groups is 1. The van der Waals surface area contributed by atoms with Gasteiger partial charge in [-0.1, -0.05) is 11.3 Å². The van der Waals surface area contributed by atoms with Gasteiger partial charge in [0.1, 0.15) is 0 Å². The number of hydrogen-bond donors (Lipinski definition) is 3. The van der Waals surface area contributed by atoms with Crippen LogP contribution in [0.2, 0.25) is 0 Å². The molecule has 17 heavy (non-hydrogen) atoms. The van der Waals surface area contributed by atoms with Crippen molar-refractivity contribution in [3.05, 3.63) is 31.8 Å². The fourth-order valence-electron chi connectivity index (χ4n) is 1.23. The van der Waals surface area contributed by atoms with Gasteiger partial charge in [0.25, 0.3) is 0 Å². The van der Waals surface area contributed by atoms with Crippen molar-refractivity contribution < 1.29 is 4.79 Å². The number of nitrogens with zero attached hydrogens (tertiary/aromatic N) is 1. The Hall–Kier alpha value is -1.67. The number of nitrogen functional groups attached to an aromatic ring is 1. The summed E-state index contributed by atoms with van der Waals surface area (Å²) in [5.74, 6) is -0.151. The van der Waals surface area contributed by atoms with Gasteiger partial charge in [-0.15, -0.1) is 11.3 Å². The third kappa shape index (κ3) is 3.40. The lowest BCUT2D eigenvalue weighted by atomic mass is 10.3. The van der Waals surface area contributed by atoms with Gasteiger partial charge in [-0.25, -0.2) is 4.98 Å². The Kier molecular flexibility index (Phi) is 3.55. The summed E-state index contributed by atoms with van der Waals surface area (Å²) in [6, 6.07) is 0. The summed E-state index contributed by atoms with van der Waals surface area (Å²) in [7, 11) is 0. The average molecular weight is 270 g/mol. The highest BCUT2D eigenvalue weighted by Crippen LogP contribution is 2.11. The Labute approximate surface area is 105 Å². The highest BCUT2D eigenvalue weighted by atomic mass is 32.1. The van der Waals surface area contributed by atoms with E-state index in [0.717, 1.165) is 11.3 Å². The molecular weight excluding hydrogens is 260 g/mol.